The normalized spacial score (nSPS) is 22.1. The molecule has 3 nitrogen and oxygen atoms in total. The van der Waals surface area contributed by atoms with Gasteiger partial charge in [0.15, 0.2) is 0 Å². The van der Waals surface area contributed by atoms with Crippen molar-refractivity contribution in [3.8, 4) is 0 Å². The standard InChI is InChI=1S/C15H17F3N2O/c1-2-19-7-4-8-20-12-6-3-5-11(15(16,17)18)10(12)9-13(20)14(19)21/h3,5-6,13H,2,4,7-9H2,1H3. The SMILES string of the molecule is CCN1CCCN2c3cccc(C(F)(F)F)c3CC2C1=O. The molecule has 2 aliphatic rings. The second kappa shape index (κ2) is 4.93. The number of anilines is 1. The van der Waals surface area contributed by atoms with Crippen molar-refractivity contribution in [1.82, 2.24) is 4.90 Å². The molecule has 2 heterocycles. The zero-order valence-corrected chi connectivity index (χ0v) is 11.8. The summed E-state index contributed by atoms with van der Waals surface area (Å²) in [5.41, 5.74) is 0.228. The van der Waals surface area contributed by atoms with Gasteiger partial charge in [-0.15, -0.1) is 0 Å². The quantitative estimate of drug-likeness (QED) is 0.796. The number of alkyl halides is 3. The lowest BCUT2D eigenvalue weighted by molar-refractivity contribution is -0.138. The number of amides is 1. The third kappa shape index (κ3) is 2.26. The predicted molar refractivity (Wildman–Crippen MR) is 73.2 cm³/mol. The lowest BCUT2D eigenvalue weighted by Gasteiger charge is -2.25. The van der Waals surface area contributed by atoms with Crippen LogP contribution < -0.4 is 4.90 Å². The highest BCUT2D eigenvalue weighted by Crippen LogP contribution is 2.42. The van der Waals surface area contributed by atoms with Gasteiger partial charge in [0.25, 0.3) is 0 Å². The van der Waals surface area contributed by atoms with Crippen LogP contribution in [0.3, 0.4) is 0 Å². The number of fused-ring (bicyclic) bond motifs is 3. The summed E-state index contributed by atoms with van der Waals surface area (Å²) in [4.78, 5) is 16.1. The maximum absolute atomic E-state index is 13.1. The molecule has 1 unspecified atom stereocenters. The summed E-state index contributed by atoms with van der Waals surface area (Å²) in [6.45, 7) is 3.81. The molecule has 1 aromatic carbocycles. The minimum atomic E-state index is -4.37. The molecule has 0 aromatic heterocycles. The van der Waals surface area contributed by atoms with E-state index in [-0.39, 0.29) is 17.9 Å². The van der Waals surface area contributed by atoms with E-state index in [1.54, 1.807) is 11.0 Å². The van der Waals surface area contributed by atoms with E-state index in [4.69, 9.17) is 0 Å². The Labute approximate surface area is 121 Å². The number of likely N-dealkylation sites (N-methyl/N-ethyl adjacent to an activating group) is 1. The van der Waals surface area contributed by atoms with Crippen molar-refractivity contribution >= 4 is 11.6 Å². The van der Waals surface area contributed by atoms with Gasteiger partial charge < -0.3 is 9.80 Å². The molecule has 0 spiro atoms. The number of benzene rings is 1. The van der Waals surface area contributed by atoms with Crippen LogP contribution in [-0.2, 0) is 17.4 Å². The molecule has 1 fully saturated rings. The number of halogens is 3. The zero-order chi connectivity index (χ0) is 15.2. The number of hydrogen-bond donors (Lipinski definition) is 0. The highest BCUT2D eigenvalue weighted by atomic mass is 19.4. The van der Waals surface area contributed by atoms with Crippen molar-refractivity contribution in [3.63, 3.8) is 0 Å². The van der Waals surface area contributed by atoms with Crippen LogP contribution in [0, 0.1) is 0 Å². The first-order chi connectivity index (χ1) is 9.93. The first kappa shape index (κ1) is 14.2. The average molecular weight is 298 g/mol. The van der Waals surface area contributed by atoms with E-state index in [1.165, 1.54) is 6.07 Å². The lowest BCUT2D eigenvalue weighted by atomic mass is 10.0. The van der Waals surface area contributed by atoms with Gasteiger partial charge in [-0.1, -0.05) is 6.07 Å². The fourth-order valence-corrected chi connectivity index (χ4v) is 3.36. The van der Waals surface area contributed by atoms with Crippen LogP contribution in [0.15, 0.2) is 18.2 Å². The van der Waals surface area contributed by atoms with Gasteiger partial charge in [-0.05, 0) is 31.0 Å². The van der Waals surface area contributed by atoms with Gasteiger partial charge in [0.1, 0.15) is 6.04 Å². The molecular weight excluding hydrogens is 281 g/mol. The Morgan fingerprint density at radius 1 is 1.29 bits per heavy atom. The first-order valence-corrected chi connectivity index (χ1v) is 7.18. The fraction of sp³-hybridized carbons (Fsp3) is 0.533. The van der Waals surface area contributed by atoms with Gasteiger partial charge in [-0.3, -0.25) is 4.79 Å². The molecule has 0 saturated carbocycles. The second-order valence-corrected chi connectivity index (χ2v) is 5.49. The molecule has 21 heavy (non-hydrogen) atoms. The summed E-state index contributed by atoms with van der Waals surface area (Å²) in [5.74, 6) is -0.0562. The van der Waals surface area contributed by atoms with Crippen molar-refractivity contribution in [2.45, 2.75) is 32.0 Å². The smallest absolute Gasteiger partial charge is 0.359 e. The summed E-state index contributed by atoms with van der Waals surface area (Å²) in [6.07, 6.45) is -3.43. The molecule has 1 saturated heterocycles. The molecule has 1 atom stereocenters. The topological polar surface area (TPSA) is 23.6 Å². The Kier molecular flexibility index (Phi) is 3.34. The molecule has 0 aliphatic carbocycles. The molecule has 1 amide bonds. The third-order valence-electron chi connectivity index (χ3n) is 4.35. The van der Waals surface area contributed by atoms with E-state index in [9.17, 15) is 18.0 Å². The van der Waals surface area contributed by atoms with Crippen LogP contribution >= 0.6 is 0 Å². The highest BCUT2D eigenvalue weighted by molar-refractivity contribution is 5.89. The van der Waals surface area contributed by atoms with Crippen LogP contribution in [0.4, 0.5) is 18.9 Å². The van der Waals surface area contributed by atoms with E-state index in [2.05, 4.69) is 0 Å². The predicted octanol–water partition coefficient (Wildman–Crippen LogP) is 2.69. The summed E-state index contributed by atoms with van der Waals surface area (Å²) < 4.78 is 39.4. The van der Waals surface area contributed by atoms with Crippen molar-refractivity contribution in [2.75, 3.05) is 24.5 Å². The Morgan fingerprint density at radius 2 is 2.05 bits per heavy atom. The Bertz CT molecular complexity index is 571. The minimum Gasteiger partial charge on any atom is -0.359 e. The van der Waals surface area contributed by atoms with Crippen LogP contribution in [0.25, 0.3) is 0 Å². The van der Waals surface area contributed by atoms with Crippen molar-refractivity contribution < 1.29 is 18.0 Å². The summed E-state index contributed by atoms with van der Waals surface area (Å²) in [6, 6.07) is 3.75. The van der Waals surface area contributed by atoms with Gasteiger partial charge in [0, 0.05) is 31.7 Å². The summed E-state index contributed by atoms with van der Waals surface area (Å²) in [5, 5.41) is 0. The average Bonchev–Trinajstić information content (AvgIpc) is 2.72. The van der Waals surface area contributed by atoms with Gasteiger partial charge in [-0.2, -0.15) is 13.2 Å². The molecule has 3 rings (SSSR count). The Balaban J connectivity index is 2.03. The zero-order valence-electron chi connectivity index (χ0n) is 11.8. The largest absolute Gasteiger partial charge is 0.416 e. The molecule has 0 radical (unpaired) electrons. The van der Waals surface area contributed by atoms with E-state index in [0.717, 1.165) is 12.5 Å². The second-order valence-electron chi connectivity index (χ2n) is 5.49. The number of nitrogens with zero attached hydrogens (tertiary/aromatic N) is 2. The van der Waals surface area contributed by atoms with Gasteiger partial charge in [0.2, 0.25) is 5.91 Å². The molecule has 0 N–H and O–H groups in total. The van der Waals surface area contributed by atoms with Crippen molar-refractivity contribution in [2.24, 2.45) is 0 Å². The lowest BCUT2D eigenvalue weighted by Crippen LogP contribution is -2.44. The summed E-state index contributed by atoms with van der Waals surface area (Å²) >= 11 is 0. The molecule has 1 aromatic rings. The van der Waals surface area contributed by atoms with Crippen molar-refractivity contribution in [1.29, 1.82) is 0 Å². The third-order valence-corrected chi connectivity index (χ3v) is 4.35. The molecule has 114 valence electrons. The van der Waals surface area contributed by atoms with Crippen LogP contribution in [0.5, 0.6) is 0 Å². The van der Waals surface area contributed by atoms with Crippen molar-refractivity contribution in [3.05, 3.63) is 29.3 Å². The van der Waals surface area contributed by atoms with Crippen LogP contribution in [0.2, 0.25) is 0 Å². The number of carbonyl (C=O) groups is 1. The Morgan fingerprint density at radius 3 is 2.71 bits per heavy atom. The van der Waals surface area contributed by atoms with E-state index in [0.29, 0.717) is 25.3 Å². The number of carbonyl (C=O) groups excluding carboxylic acids is 1. The summed E-state index contributed by atoms with van der Waals surface area (Å²) in [7, 11) is 0. The monoisotopic (exact) mass is 298 g/mol. The number of rotatable bonds is 1. The number of hydrogen-bond acceptors (Lipinski definition) is 2. The minimum absolute atomic E-state index is 0.0562. The van der Waals surface area contributed by atoms with E-state index >= 15 is 0 Å². The molecule has 6 heteroatoms. The maximum atomic E-state index is 13.1. The highest BCUT2D eigenvalue weighted by Gasteiger charge is 2.43. The van der Waals surface area contributed by atoms with Gasteiger partial charge in [0.05, 0.1) is 5.56 Å². The Hall–Kier alpha value is -1.72. The van der Waals surface area contributed by atoms with Crippen LogP contribution in [0.1, 0.15) is 24.5 Å². The molecule has 2 aliphatic heterocycles. The van der Waals surface area contributed by atoms with E-state index < -0.39 is 17.8 Å². The van der Waals surface area contributed by atoms with Gasteiger partial charge >= 0.3 is 6.18 Å². The van der Waals surface area contributed by atoms with Crippen LogP contribution in [-0.4, -0.2) is 36.5 Å². The first-order valence-electron chi connectivity index (χ1n) is 7.18. The maximum Gasteiger partial charge on any atom is 0.416 e. The van der Waals surface area contributed by atoms with E-state index in [1.807, 2.05) is 11.8 Å². The fourth-order valence-electron chi connectivity index (χ4n) is 3.36. The molecular formula is C15H17F3N2O. The van der Waals surface area contributed by atoms with Gasteiger partial charge in [-0.25, -0.2) is 0 Å². The molecule has 0 bridgehead atoms.